The monoisotopic (exact) mass is 891 g/mol. The number of hydrogen-bond acceptors (Lipinski definition) is 6. The van der Waals surface area contributed by atoms with Crippen LogP contribution < -0.4 is 0 Å². The Kier molecular flexibility index (Phi) is 48.6. The van der Waals surface area contributed by atoms with Gasteiger partial charge in [0.2, 0.25) is 0 Å². The maximum Gasteiger partial charge on any atom is 0.306 e. The van der Waals surface area contributed by atoms with Gasteiger partial charge in [0.05, 0.1) is 0 Å². The lowest BCUT2D eigenvalue weighted by Gasteiger charge is -2.18. The van der Waals surface area contributed by atoms with E-state index < -0.39 is 6.10 Å². The molecule has 0 aliphatic carbocycles. The molecule has 0 aliphatic heterocycles. The third kappa shape index (κ3) is 51.3. The van der Waals surface area contributed by atoms with Crippen molar-refractivity contribution in [2.24, 2.45) is 11.8 Å². The summed E-state index contributed by atoms with van der Waals surface area (Å²) in [6.07, 6.45) is 52.4. The Balaban J connectivity index is 4.28. The smallest absolute Gasteiger partial charge is 0.306 e. The molecule has 374 valence electrons. The summed E-state index contributed by atoms with van der Waals surface area (Å²) in [6.45, 7) is 11.4. The Hall–Kier alpha value is -1.59. The van der Waals surface area contributed by atoms with E-state index >= 15 is 0 Å². The largest absolute Gasteiger partial charge is 0.462 e. The molecule has 0 saturated heterocycles. The van der Waals surface area contributed by atoms with E-state index in [1.54, 1.807) is 0 Å². The molecule has 0 amide bonds. The van der Waals surface area contributed by atoms with Crippen LogP contribution in [0.4, 0.5) is 0 Å². The fourth-order valence-corrected chi connectivity index (χ4v) is 8.70. The second kappa shape index (κ2) is 49.8. The SMILES string of the molecule is CCCCCCCCCCCCCCCCCCCCCC(=O)O[C@@H](COC(=O)CCCCCCCCCCCCCC(C)C)COC(=O)CCCCCCCCCCCC(C)C. The highest BCUT2D eigenvalue weighted by atomic mass is 16.6. The van der Waals surface area contributed by atoms with Gasteiger partial charge in [0.15, 0.2) is 6.10 Å². The van der Waals surface area contributed by atoms with E-state index in [0.29, 0.717) is 19.3 Å². The van der Waals surface area contributed by atoms with Gasteiger partial charge in [-0.15, -0.1) is 0 Å². The Labute approximate surface area is 393 Å². The van der Waals surface area contributed by atoms with Crippen molar-refractivity contribution < 1.29 is 28.6 Å². The number of esters is 3. The summed E-state index contributed by atoms with van der Waals surface area (Å²) in [5, 5.41) is 0. The predicted molar refractivity (Wildman–Crippen MR) is 270 cm³/mol. The zero-order valence-corrected chi connectivity index (χ0v) is 43.2. The molecule has 0 radical (unpaired) electrons. The Bertz CT molecular complexity index is 962. The Morgan fingerprint density at radius 1 is 0.302 bits per heavy atom. The van der Waals surface area contributed by atoms with E-state index in [9.17, 15) is 14.4 Å². The van der Waals surface area contributed by atoms with Gasteiger partial charge in [-0.1, -0.05) is 279 Å². The molecule has 0 N–H and O–H groups in total. The molecular weight excluding hydrogens is 781 g/mol. The van der Waals surface area contributed by atoms with Crippen LogP contribution in [-0.4, -0.2) is 37.2 Å². The van der Waals surface area contributed by atoms with E-state index in [1.807, 2.05) is 0 Å². The normalized spacial score (nSPS) is 12.0. The molecule has 63 heavy (non-hydrogen) atoms. The van der Waals surface area contributed by atoms with E-state index in [4.69, 9.17) is 14.2 Å². The van der Waals surface area contributed by atoms with Gasteiger partial charge in [-0.2, -0.15) is 0 Å². The second-order valence-corrected chi connectivity index (χ2v) is 20.5. The first-order valence-corrected chi connectivity index (χ1v) is 28.2. The van der Waals surface area contributed by atoms with Crippen LogP contribution in [0, 0.1) is 11.8 Å². The molecule has 0 spiro atoms. The quantitative estimate of drug-likeness (QED) is 0.0344. The molecule has 0 aromatic carbocycles. The third-order valence-electron chi connectivity index (χ3n) is 13.0. The lowest BCUT2D eigenvalue weighted by Crippen LogP contribution is -2.30. The van der Waals surface area contributed by atoms with Crippen LogP contribution in [0.1, 0.15) is 317 Å². The lowest BCUT2D eigenvalue weighted by molar-refractivity contribution is -0.167. The summed E-state index contributed by atoms with van der Waals surface area (Å²) in [5.41, 5.74) is 0. The van der Waals surface area contributed by atoms with E-state index in [-0.39, 0.29) is 31.1 Å². The van der Waals surface area contributed by atoms with Crippen LogP contribution in [0.25, 0.3) is 0 Å². The minimum atomic E-state index is -0.763. The molecule has 0 aliphatic rings. The number of ether oxygens (including phenoxy) is 3. The zero-order chi connectivity index (χ0) is 46.1. The van der Waals surface area contributed by atoms with Gasteiger partial charge < -0.3 is 14.2 Å². The van der Waals surface area contributed by atoms with Crippen molar-refractivity contribution in [3.05, 3.63) is 0 Å². The number of carbonyl (C=O) groups is 3. The van der Waals surface area contributed by atoms with Gasteiger partial charge in [0, 0.05) is 19.3 Å². The summed E-state index contributed by atoms with van der Waals surface area (Å²) >= 11 is 0. The van der Waals surface area contributed by atoms with Crippen LogP contribution in [0.15, 0.2) is 0 Å². The van der Waals surface area contributed by atoms with Gasteiger partial charge in [-0.3, -0.25) is 14.4 Å². The van der Waals surface area contributed by atoms with Crippen molar-refractivity contribution in [3.63, 3.8) is 0 Å². The molecule has 0 fully saturated rings. The summed E-state index contributed by atoms with van der Waals surface area (Å²) in [6, 6.07) is 0. The van der Waals surface area contributed by atoms with Crippen molar-refractivity contribution in [1.29, 1.82) is 0 Å². The average molecular weight is 892 g/mol. The molecule has 0 heterocycles. The van der Waals surface area contributed by atoms with Gasteiger partial charge in [-0.25, -0.2) is 0 Å². The summed E-state index contributed by atoms with van der Waals surface area (Å²) < 4.78 is 16.9. The minimum absolute atomic E-state index is 0.0635. The van der Waals surface area contributed by atoms with E-state index in [2.05, 4.69) is 34.6 Å². The van der Waals surface area contributed by atoms with E-state index in [0.717, 1.165) is 69.6 Å². The van der Waals surface area contributed by atoms with Gasteiger partial charge >= 0.3 is 17.9 Å². The number of hydrogen-bond donors (Lipinski definition) is 0. The molecular formula is C57H110O6. The van der Waals surface area contributed by atoms with Crippen LogP contribution in [0.2, 0.25) is 0 Å². The second-order valence-electron chi connectivity index (χ2n) is 20.5. The third-order valence-corrected chi connectivity index (χ3v) is 13.0. The molecule has 0 rings (SSSR count). The summed E-state index contributed by atoms with van der Waals surface area (Å²) in [5.74, 6) is 0.792. The number of rotatable bonds is 51. The minimum Gasteiger partial charge on any atom is -0.462 e. The average Bonchev–Trinajstić information content (AvgIpc) is 3.25. The first-order valence-electron chi connectivity index (χ1n) is 28.2. The first kappa shape index (κ1) is 61.4. The molecule has 0 bridgehead atoms. The molecule has 1 atom stereocenters. The Morgan fingerprint density at radius 3 is 0.778 bits per heavy atom. The summed E-state index contributed by atoms with van der Waals surface area (Å²) in [4.78, 5) is 38.1. The molecule has 0 aromatic rings. The fourth-order valence-electron chi connectivity index (χ4n) is 8.70. The van der Waals surface area contributed by atoms with Crippen LogP contribution in [-0.2, 0) is 28.6 Å². The highest BCUT2D eigenvalue weighted by Gasteiger charge is 2.19. The van der Waals surface area contributed by atoms with Crippen molar-refractivity contribution in [3.8, 4) is 0 Å². The molecule has 0 saturated carbocycles. The molecule has 0 aromatic heterocycles. The fraction of sp³-hybridized carbons (Fsp3) is 0.947. The van der Waals surface area contributed by atoms with Gasteiger partial charge in [0.25, 0.3) is 0 Å². The van der Waals surface area contributed by atoms with Gasteiger partial charge in [-0.05, 0) is 31.1 Å². The van der Waals surface area contributed by atoms with Crippen molar-refractivity contribution in [1.82, 2.24) is 0 Å². The number of unbranched alkanes of at least 4 members (excludes halogenated alkanes) is 36. The molecule has 6 nitrogen and oxygen atoms in total. The van der Waals surface area contributed by atoms with Crippen LogP contribution >= 0.6 is 0 Å². The molecule has 6 heteroatoms. The number of carbonyl (C=O) groups excluding carboxylic acids is 3. The molecule has 0 unspecified atom stereocenters. The van der Waals surface area contributed by atoms with Crippen molar-refractivity contribution >= 4 is 17.9 Å². The van der Waals surface area contributed by atoms with Gasteiger partial charge in [0.1, 0.15) is 13.2 Å². The van der Waals surface area contributed by atoms with E-state index in [1.165, 1.54) is 205 Å². The first-order chi connectivity index (χ1) is 30.7. The van der Waals surface area contributed by atoms with Crippen molar-refractivity contribution in [2.75, 3.05) is 13.2 Å². The Morgan fingerprint density at radius 2 is 0.524 bits per heavy atom. The van der Waals surface area contributed by atoms with Crippen molar-refractivity contribution in [2.45, 2.75) is 323 Å². The summed E-state index contributed by atoms with van der Waals surface area (Å²) in [7, 11) is 0. The maximum absolute atomic E-state index is 12.8. The standard InChI is InChI=1S/C57H110O6/c1-6-7-8-9-10-11-12-13-14-15-16-17-18-19-22-28-34-39-44-49-57(60)63-54(51-62-56(59)48-43-38-33-29-24-26-31-36-41-46-53(4)5)50-61-55(58)47-42-37-32-27-23-20-21-25-30-35-40-45-52(2)3/h52-54H,6-51H2,1-5H3/t54-/m0/s1. The van der Waals surface area contributed by atoms with Crippen LogP contribution in [0.5, 0.6) is 0 Å². The highest BCUT2D eigenvalue weighted by Crippen LogP contribution is 2.18. The highest BCUT2D eigenvalue weighted by molar-refractivity contribution is 5.71. The predicted octanol–water partition coefficient (Wildman–Crippen LogP) is 18.5. The topological polar surface area (TPSA) is 78.9 Å². The zero-order valence-electron chi connectivity index (χ0n) is 43.2. The maximum atomic E-state index is 12.8. The lowest BCUT2D eigenvalue weighted by atomic mass is 10.0. The van der Waals surface area contributed by atoms with Crippen LogP contribution in [0.3, 0.4) is 0 Å².